The topological polar surface area (TPSA) is 354 Å². The number of rotatable bonds is 31. The van der Waals surface area contributed by atoms with Crippen LogP contribution in [0.15, 0.2) is 60.7 Å². The summed E-state index contributed by atoms with van der Waals surface area (Å²) in [4.78, 5) is 142. The Morgan fingerprint density at radius 1 is 0.451 bits per heavy atom. The molecule has 0 aromatic heterocycles. The molecule has 390 valence electrons. The Balaban J connectivity index is 2.13. The van der Waals surface area contributed by atoms with Crippen LogP contribution < -0.4 is 58.9 Å². The monoisotopic (exact) mass is 1030 g/mol. The molecule has 25 heteroatoms. The first-order valence-electron chi connectivity index (χ1n) is 22.6. The van der Waals surface area contributed by atoms with Crippen LogP contribution in [0, 0.1) is 0 Å². The Hall–Kier alpha value is -6.73. The van der Waals surface area contributed by atoms with E-state index in [-0.39, 0.29) is 25.7 Å². The third-order valence-corrected chi connectivity index (χ3v) is 11.6. The number of carbonyl (C=O) groups is 11. The molecule has 0 radical (unpaired) electrons. The van der Waals surface area contributed by atoms with Crippen molar-refractivity contribution in [2.75, 3.05) is 43.7 Å². The minimum Gasteiger partial charge on any atom is -0.480 e. The SMILES string of the molecule is CSCC[C@H](NC(=O)[C@H](C)NC(=O)[C@H](C)NC(=O)CNC(=O)[C@H](Cc1ccccc1)NC(=O)[C@H](Cc1ccccc1)NC(=O)CNC(=O)[C@H](CCSC)NC(=O)CNC(=O)[C@H](C)NC(=O)[C@H](C)N)C(=O)O. The Morgan fingerprint density at radius 2 is 0.817 bits per heavy atom. The van der Waals surface area contributed by atoms with Crippen LogP contribution in [0.1, 0.15) is 51.7 Å². The minimum atomic E-state index is -1.29. The molecule has 0 fully saturated rings. The standard InChI is InChI=1S/C46H67N11O12S2/c1-26(47)39(61)52-27(2)40(62)48-24-37(59)54-32(17-19-70-5)43(65)49-25-38(60)55-35(22-31-15-11-8-12-16-31)45(67)57-34(21-30-13-9-7-10-14-30)44(66)50-23-36(58)51-28(3)41(63)53-29(4)42(64)56-33(46(68)69)18-20-71-6/h7-16,26-29,32-35H,17-25,47H2,1-6H3,(H,48,62)(H,49,65)(H,50,66)(H,51,58)(H,52,61)(H,53,63)(H,54,59)(H,55,60)(H,56,64)(H,57,67)(H,68,69)/t26-,27-,28-,29-,32-,33-,34-,35-/m0/s1. The Morgan fingerprint density at radius 3 is 1.30 bits per heavy atom. The highest BCUT2D eigenvalue weighted by Gasteiger charge is 2.30. The number of carboxylic acid groups (broad SMARTS) is 1. The van der Waals surface area contributed by atoms with E-state index in [1.807, 2.05) is 0 Å². The third kappa shape index (κ3) is 23.6. The molecule has 71 heavy (non-hydrogen) atoms. The smallest absolute Gasteiger partial charge is 0.326 e. The zero-order valence-corrected chi connectivity index (χ0v) is 42.2. The molecule has 0 spiro atoms. The molecule has 2 aromatic rings. The first-order chi connectivity index (χ1) is 33.6. The molecule has 0 bridgehead atoms. The average molecular weight is 1030 g/mol. The molecule has 0 aliphatic rings. The summed E-state index contributed by atoms with van der Waals surface area (Å²) in [7, 11) is 0. The van der Waals surface area contributed by atoms with E-state index in [2.05, 4.69) is 53.2 Å². The number of carboxylic acids is 1. The van der Waals surface area contributed by atoms with Crippen molar-refractivity contribution in [3.63, 3.8) is 0 Å². The van der Waals surface area contributed by atoms with E-state index in [1.54, 1.807) is 73.2 Å². The number of hydrogen-bond donors (Lipinski definition) is 12. The van der Waals surface area contributed by atoms with Gasteiger partial charge in [0.05, 0.1) is 25.7 Å². The van der Waals surface area contributed by atoms with Crippen LogP contribution >= 0.6 is 23.5 Å². The number of nitrogens with two attached hydrogens (primary N) is 1. The summed E-state index contributed by atoms with van der Waals surface area (Å²) in [5, 5.41) is 34.2. The lowest BCUT2D eigenvalue weighted by Crippen LogP contribution is -2.57. The predicted octanol–water partition coefficient (Wildman–Crippen LogP) is -2.79. The summed E-state index contributed by atoms with van der Waals surface area (Å²) < 4.78 is 0. The van der Waals surface area contributed by atoms with E-state index in [4.69, 9.17) is 5.73 Å². The van der Waals surface area contributed by atoms with Gasteiger partial charge >= 0.3 is 5.97 Å². The Bertz CT molecular complexity index is 2140. The summed E-state index contributed by atoms with van der Waals surface area (Å²) >= 11 is 2.81. The number of nitrogens with one attached hydrogen (secondary N) is 10. The molecular formula is C46H67N11O12S2. The van der Waals surface area contributed by atoms with Gasteiger partial charge in [-0.3, -0.25) is 47.9 Å². The van der Waals surface area contributed by atoms with Crippen LogP contribution in [0.4, 0.5) is 0 Å². The minimum absolute atomic E-state index is 0.0432. The number of aliphatic carboxylic acids is 1. The fraction of sp³-hybridized carbons (Fsp3) is 0.500. The molecule has 0 aliphatic carbocycles. The van der Waals surface area contributed by atoms with Crippen LogP contribution in [0.3, 0.4) is 0 Å². The van der Waals surface area contributed by atoms with Crippen molar-refractivity contribution in [2.24, 2.45) is 5.73 Å². The van der Waals surface area contributed by atoms with E-state index in [0.29, 0.717) is 22.6 Å². The van der Waals surface area contributed by atoms with E-state index in [0.717, 1.165) is 0 Å². The fourth-order valence-electron chi connectivity index (χ4n) is 6.25. The molecule has 10 amide bonds. The first kappa shape index (κ1) is 60.4. The van der Waals surface area contributed by atoms with Gasteiger partial charge in [0.2, 0.25) is 59.1 Å². The quantitative estimate of drug-likeness (QED) is 0.0363. The molecule has 0 saturated carbocycles. The number of amides is 10. The van der Waals surface area contributed by atoms with Gasteiger partial charge in [-0.05, 0) is 75.7 Å². The van der Waals surface area contributed by atoms with Gasteiger partial charge in [0, 0.05) is 12.8 Å². The van der Waals surface area contributed by atoms with E-state index < -0.39 is 133 Å². The maximum absolute atomic E-state index is 14.1. The van der Waals surface area contributed by atoms with Crippen molar-refractivity contribution in [1.82, 2.24) is 53.2 Å². The lowest BCUT2D eigenvalue weighted by Gasteiger charge is -2.24. The predicted molar refractivity (Wildman–Crippen MR) is 267 cm³/mol. The highest BCUT2D eigenvalue weighted by atomic mass is 32.2. The van der Waals surface area contributed by atoms with Gasteiger partial charge in [-0.1, -0.05) is 60.7 Å². The Labute approximate surface area is 421 Å². The zero-order chi connectivity index (χ0) is 53.0. The molecule has 0 saturated heterocycles. The normalized spacial score (nSPS) is 14.1. The van der Waals surface area contributed by atoms with Gasteiger partial charge in [0.25, 0.3) is 0 Å². The van der Waals surface area contributed by atoms with Crippen molar-refractivity contribution in [2.45, 2.75) is 102 Å². The Kier molecular flexibility index (Phi) is 27.4. The maximum Gasteiger partial charge on any atom is 0.326 e. The second-order valence-electron chi connectivity index (χ2n) is 16.3. The highest BCUT2D eigenvalue weighted by molar-refractivity contribution is 7.98. The summed E-state index contributed by atoms with van der Waals surface area (Å²) in [5.74, 6) is -7.63. The molecule has 0 unspecified atom stereocenters. The van der Waals surface area contributed by atoms with Crippen molar-refractivity contribution in [3.8, 4) is 0 Å². The summed E-state index contributed by atoms with van der Waals surface area (Å²) in [6.07, 6.45) is 3.82. The van der Waals surface area contributed by atoms with Crippen LogP contribution in [-0.4, -0.2) is 162 Å². The van der Waals surface area contributed by atoms with Gasteiger partial charge in [-0.2, -0.15) is 23.5 Å². The van der Waals surface area contributed by atoms with Gasteiger partial charge in [0.15, 0.2) is 0 Å². The van der Waals surface area contributed by atoms with Crippen LogP contribution in [0.5, 0.6) is 0 Å². The van der Waals surface area contributed by atoms with Crippen molar-refractivity contribution in [3.05, 3.63) is 71.8 Å². The number of benzene rings is 2. The molecule has 23 nitrogen and oxygen atoms in total. The molecule has 0 heterocycles. The highest BCUT2D eigenvalue weighted by Crippen LogP contribution is 2.08. The largest absolute Gasteiger partial charge is 0.480 e. The molecule has 8 atom stereocenters. The lowest BCUT2D eigenvalue weighted by atomic mass is 10.0. The summed E-state index contributed by atoms with van der Waals surface area (Å²) in [5.41, 5.74) is 6.79. The summed E-state index contributed by atoms with van der Waals surface area (Å²) in [6, 6.07) is 8.25. The van der Waals surface area contributed by atoms with Gasteiger partial charge in [-0.15, -0.1) is 0 Å². The summed E-state index contributed by atoms with van der Waals surface area (Å²) in [6.45, 7) is 3.77. The number of thioether (sulfide) groups is 2. The molecule has 2 rings (SSSR count). The van der Waals surface area contributed by atoms with E-state index >= 15 is 0 Å². The van der Waals surface area contributed by atoms with Crippen molar-refractivity contribution in [1.29, 1.82) is 0 Å². The lowest BCUT2D eigenvalue weighted by molar-refractivity contribution is -0.142. The third-order valence-electron chi connectivity index (χ3n) is 10.3. The van der Waals surface area contributed by atoms with E-state index in [1.165, 1.54) is 51.2 Å². The van der Waals surface area contributed by atoms with Crippen molar-refractivity contribution < 1.29 is 57.8 Å². The fourth-order valence-corrected chi connectivity index (χ4v) is 7.19. The molecule has 13 N–H and O–H groups in total. The van der Waals surface area contributed by atoms with Crippen LogP contribution in [-0.2, 0) is 65.6 Å². The zero-order valence-electron chi connectivity index (χ0n) is 40.6. The average Bonchev–Trinajstić information content (AvgIpc) is 3.33. The van der Waals surface area contributed by atoms with Crippen LogP contribution in [0.2, 0.25) is 0 Å². The second-order valence-corrected chi connectivity index (χ2v) is 18.3. The molecular weight excluding hydrogens is 963 g/mol. The second kappa shape index (κ2) is 32.2. The number of carbonyl (C=O) groups excluding carboxylic acids is 10. The maximum atomic E-state index is 14.1. The number of hydrogen-bond acceptors (Lipinski definition) is 14. The molecule has 2 aromatic carbocycles. The molecule has 0 aliphatic heterocycles. The van der Waals surface area contributed by atoms with Crippen LogP contribution in [0.25, 0.3) is 0 Å². The van der Waals surface area contributed by atoms with E-state index in [9.17, 15) is 57.8 Å². The van der Waals surface area contributed by atoms with Crippen molar-refractivity contribution >= 4 is 88.6 Å². The van der Waals surface area contributed by atoms with Gasteiger partial charge in [0.1, 0.15) is 42.3 Å². The first-order valence-corrected chi connectivity index (χ1v) is 25.4. The van der Waals surface area contributed by atoms with Gasteiger partial charge < -0.3 is 64.0 Å². The van der Waals surface area contributed by atoms with Gasteiger partial charge in [-0.25, -0.2) is 4.79 Å².